The zero-order valence-electron chi connectivity index (χ0n) is 10.0. The second-order valence-electron chi connectivity index (χ2n) is 5.17. The second kappa shape index (κ2) is 5.07. The highest BCUT2D eigenvalue weighted by Gasteiger charge is 2.34. The van der Waals surface area contributed by atoms with Crippen LogP contribution in [0.1, 0.15) is 44.6 Å². The second-order valence-corrected chi connectivity index (χ2v) is 6.02. The molecule has 2 atom stereocenters. The maximum absolute atomic E-state index is 14.1. The highest BCUT2D eigenvalue weighted by Crippen LogP contribution is 2.39. The quantitative estimate of drug-likeness (QED) is 0.763. The Hall–Kier alpha value is -0.410. The molecule has 1 aliphatic carbocycles. The van der Waals surface area contributed by atoms with E-state index < -0.39 is 5.60 Å². The van der Waals surface area contributed by atoms with Gasteiger partial charge in [-0.05, 0) is 53.6 Å². The van der Waals surface area contributed by atoms with E-state index in [0.717, 1.165) is 19.3 Å². The lowest BCUT2D eigenvalue weighted by Gasteiger charge is -2.28. The highest BCUT2D eigenvalue weighted by molar-refractivity contribution is 9.10. The molecular weight excluding hydrogens is 283 g/mol. The van der Waals surface area contributed by atoms with Gasteiger partial charge in [-0.15, -0.1) is 0 Å². The molecule has 0 amide bonds. The van der Waals surface area contributed by atoms with Crippen LogP contribution < -0.4 is 0 Å². The molecule has 1 aromatic carbocycles. The molecular formula is C14H18BrFO. The average Bonchev–Trinajstić information content (AvgIpc) is 2.46. The van der Waals surface area contributed by atoms with Crippen molar-refractivity contribution in [3.63, 3.8) is 0 Å². The van der Waals surface area contributed by atoms with Crippen molar-refractivity contribution in [2.45, 2.75) is 44.6 Å². The van der Waals surface area contributed by atoms with Gasteiger partial charge in [0.25, 0.3) is 0 Å². The molecule has 2 rings (SSSR count). The molecule has 1 nitrogen and oxygen atoms in total. The van der Waals surface area contributed by atoms with Gasteiger partial charge in [0.2, 0.25) is 0 Å². The summed E-state index contributed by atoms with van der Waals surface area (Å²) in [6.45, 7) is 2.20. The summed E-state index contributed by atoms with van der Waals surface area (Å²) in [5.74, 6) is 0.309. The Morgan fingerprint density at radius 2 is 2.12 bits per heavy atom. The fraction of sp³-hybridized carbons (Fsp3) is 0.571. The van der Waals surface area contributed by atoms with Crippen LogP contribution in [0.3, 0.4) is 0 Å². The Labute approximate surface area is 110 Å². The summed E-state index contributed by atoms with van der Waals surface area (Å²) in [6, 6.07) is 5.16. The lowest BCUT2D eigenvalue weighted by Crippen LogP contribution is -2.26. The predicted octanol–water partition coefficient (Wildman–Crippen LogP) is 4.38. The minimum Gasteiger partial charge on any atom is -0.385 e. The van der Waals surface area contributed by atoms with E-state index in [2.05, 4.69) is 22.9 Å². The number of halogens is 2. The van der Waals surface area contributed by atoms with Crippen LogP contribution in [0.4, 0.5) is 4.39 Å². The van der Waals surface area contributed by atoms with Gasteiger partial charge in [-0.2, -0.15) is 0 Å². The van der Waals surface area contributed by atoms with Crippen LogP contribution in [0.2, 0.25) is 0 Å². The molecule has 0 aromatic heterocycles. The van der Waals surface area contributed by atoms with Gasteiger partial charge in [0.05, 0.1) is 10.1 Å². The van der Waals surface area contributed by atoms with E-state index in [1.54, 1.807) is 18.2 Å². The number of hydrogen-bond acceptors (Lipinski definition) is 1. The average molecular weight is 301 g/mol. The first-order chi connectivity index (χ1) is 8.03. The fourth-order valence-corrected chi connectivity index (χ4v) is 3.00. The number of hydrogen-bond donors (Lipinski definition) is 1. The van der Waals surface area contributed by atoms with E-state index in [0.29, 0.717) is 28.8 Å². The van der Waals surface area contributed by atoms with E-state index in [1.165, 1.54) is 0 Å². The summed E-state index contributed by atoms with van der Waals surface area (Å²) in [7, 11) is 0. The minimum absolute atomic E-state index is 0.315. The van der Waals surface area contributed by atoms with Gasteiger partial charge in [0.1, 0.15) is 5.82 Å². The van der Waals surface area contributed by atoms with Crippen LogP contribution in [-0.4, -0.2) is 5.11 Å². The van der Waals surface area contributed by atoms with Gasteiger partial charge in [0.15, 0.2) is 0 Å². The Kier molecular flexibility index (Phi) is 3.88. The van der Waals surface area contributed by atoms with Crippen molar-refractivity contribution in [1.29, 1.82) is 0 Å². The van der Waals surface area contributed by atoms with Crippen molar-refractivity contribution in [3.05, 3.63) is 34.1 Å². The molecule has 0 spiro atoms. The largest absolute Gasteiger partial charge is 0.385 e. The summed E-state index contributed by atoms with van der Waals surface area (Å²) in [5.41, 5.74) is -0.542. The van der Waals surface area contributed by atoms with Crippen molar-refractivity contribution in [1.82, 2.24) is 0 Å². The van der Waals surface area contributed by atoms with Crippen LogP contribution in [0, 0.1) is 11.7 Å². The van der Waals surface area contributed by atoms with Gasteiger partial charge in [-0.1, -0.05) is 25.5 Å². The van der Waals surface area contributed by atoms with Crippen LogP contribution in [0.5, 0.6) is 0 Å². The van der Waals surface area contributed by atoms with E-state index in [4.69, 9.17) is 0 Å². The van der Waals surface area contributed by atoms with Crippen molar-refractivity contribution < 1.29 is 9.50 Å². The Morgan fingerprint density at radius 1 is 1.35 bits per heavy atom. The van der Waals surface area contributed by atoms with Crippen molar-refractivity contribution in [3.8, 4) is 0 Å². The first-order valence-corrected chi connectivity index (χ1v) is 6.99. The predicted molar refractivity (Wildman–Crippen MR) is 70.2 cm³/mol. The Balaban J connectivity index is 2.33. The minimum atomic E-state index is -0.987. The molecule has 1 aliphatic rings. The molecule has 3 heteroatoms. The smallest absolute Gasteiger partial charge is 0.143 e. The van der Waals surface area contributed by atoms with Crippen LogP contribution in [0.25, 0.3) is 0 Å². The van der Waals surface area contributed by atoms with Crippen LogP contribution in [0.15, 0.2) is 22.7 Å². The van der Waals surface area contributed by atoms with E-state index in [-0.39, 0.29) is 5.82 Å². The van der Waals surface area contributed by atoms with Crippen molar-refractivity contribution in [2.24, 2.45) is 5.92 Å². The molecule has 17 heavy (non-hydrogen) atoms. The number of benzene rings is 1. The molecule has 0 bridgehead atoms. The number of rotatable bonds is 1. The maximum Gasteiger partial charge on any atom is 0.143 e. The monoisotopic (exact) mass is 300 g/mol. The van der Waals surface area contributed by atoms with Crippen molar-refractivity contribution >= 4 is 15.9 Å². The molecule has 2 unspecified atom stereocenters. The topological polar surface area (TPSA) is 20.2 Å². The normalized spacial score (nSPS) is 30.0. The molecule has 0 saturated heterocycles. The molecule has 1 aromatic rings. The van der Waals surface area contributed by atoms with E-state index >= 15 is 0 Å². The first-order valence-electron chi connectivity index (χ1n) is 6.20. The van der Waals surface area contributed by atoms with E-state index in [9.17, 15) is 9.50 Å². The molecule has 94 valence electrons. The van der Waals surface area contributed by atoms with Gasteiger partial charge in [0, 0.05) is 5.56 Å². The zero-order chi connectivity index (χ0) is 12.5. The Bertz CT molecular complexity index is 407. The number of aliphatic hydroxyl groups is 1. The fourth-order valence-electron chi connectivity index (χ4n) is 2.63. The van der Waals surface area contributed by atoms with Gasteiger partial charge < -0.3 is 5.11 Å². The van der Waals surface area contributed by atoms with Gasteiger partial charge in [-0.25, -0.2) is 4.39 Å². The molecule has 0 aliphatic heterocycles. The SMILES string of the molecule is CC1CCCC(O)(c2cccc(Br)c2F)CC1. The molecule has 0 radical (unpaired) electrons. The van der Waals surface area contributed by atoms with Gasteiger partial charge in [-0.3, -0.25) is 0 Å². The van der Waals surface area contributed by atoms with Gasteiger partial charge >= 0.3 is 0 Å². The summed E-state index contributed by atoms with van der Waals surface area (Å²) < 4.78 is 14.5. The maximum atomic E-state index is 14.1. The molecule has 0 heterocycles. The third-order valence-corrected chi connectivity index (χ3v) is 4.40. The summed E-state index contributed by atoms with van der Waals surface area (Å²) >= 11 is 3.18. The van der Waals surface area contributed by atoms with E-state index in [1.807, 2.05) is 0 Å². The molecule has 1 fully saturated rings. The summed E-state index contributed by atoms with van der Waals surface area (Å²) in [5, 5.41) is 10.7. The Morgan fingerprint density at radius 3 is 2.88 bits per heavy atom. The third-order valence-electron chi connectivity index (χ3n) is 3.79. The lowest BCUT2D eigenvalue weighted by molar-refractivity contribution is 0.0163. The molecule has 1 saturated carbocycles. The highest BCUT2D eigenvalue weighted by atomic mass is 79.9. The third kappa shape index (κ3) is 2.71. The van der Waals surface area contributed by atoms with Crippen LogP contribution >= 0.6 is 15.9 Å². The van der Waals surface area contributed by atoms with Crippen molar-refractivity contribution in [2.75, 3.05) is 0 Å². The summed E-state index contributed by atoms with van der Waals surface area (Å²) in [6.07, 6.45) is 4.36. The zero-order valence-corrected chi connectivity index (χ0v) is 11.6. The lowest BCUT2D eigenvalue weighted by atomic mass is 9.86. The molecule has 1 N–H and O–H groups in total. The summed E-state index contributed by atoms with van der Waals surface area (Å²) in [4.78, 5) is 0. The first kappa shape index (κ1) is 13.0. The standard InChI is InChI=1S/C14H18BrFO/c1-10-4-3-8-14(17,9-7-10)11-5-2-6-12(15)13(11)16/h2,5-6,10,17H,3-4,7-9H2,1H3. The van der Waals surface area contributed by atoms with Crippen LogP contribution in [-0.2, 0) is 5.60 Å².